The minimum atomic E-state index is -0.527. The van der Waals surface area contributed by atoms with Crippen LogP contribution in [0, 0.1) is 11.7 Å². The first-order valence-corrected chi connectivity index (χ1v) is 5.97. The first kappa shape index (κ1) is 11.1. The molecule has 1 saturated carbocycles. The molecule has 1 aliphatic rings. The number of rotatable bonds is 3. The summed E-state index contributed by atoms with van der Waals surface area (Å²) in [5, 5.41) is 0. The van der Waals surface area contributed by atoms with Crippen LogP contribution in [0.4, 0.5) is 4.39 Å². The van der Waals surface area contributed by atoms with Crippen LogP contribution in [0.25, 0.3) is 0 Å². The molecule has 1 aliphatic carbocycles. The summed E-state index contributed by atoms with van der Waals surface area (Å²) in [6.07, 6.45) is 2.25. The van der Waals surface area contributed by atoms with Crippen molar-refractivity contribution in [1.82, 2.24) is 4.98 Å². The summed E-state index contributed by atoms with van der Waals surface area (Å²) in [5.74, 6) is -0.597. The second kappa shape index (κ2) is 4.33. The molecule has 0 bridgehead atoms. The third-order valence-corrected chi connectivity index (χ3v) is 3.35. The number of aromatic nitrogens is 1. The van der Waals surface area contributed by atoms with Gasteiger partial charge in [0.1, 0.15) is 5.69 Å². The highest BCUT2D eigenvalue weighted by atomic mass is 19.1. The molecule has 1 aromatic carbocycles. The van der Waals surface area contributed by atoms with Crippen LogP contribution in [0.15, 0.2) is 48.7 Å². The van der Waals surface area contributed by atoms with Crippen molar-refractivity contribution in [2.24, 2.45) is 5.92 Å². The van der Waals surface area contributed by atoms with E-state index in [1.54, 1.807) is 0 Å². The second-order valence-corrected chi connectivity index (χ2v) is 4.56. The number of hydrogen-bond donors (Lipinski definition) is 0. The Morgan fingerprint density at radius 3 is 2.67 bits per heavy atom. The molecular weight excluding hydrogens is 229 g/mol. The number of carbonyl (C=O) groups is 1. The summed E-state index contributed by atoms with van der Waals surface area (Å²) in [5.41, 5.74) is 1.12. The Morgan fingerprint density at radius 1 is 1.17 bits per heavy atom. The van der Waals surface area contributed by atoms with Crippen LogP contribution in [0.3, 0.4) is 0 Å². The highest BCUT2D eigenvalue weighted by Gasteiger charge is 2.45. The number of benzene rings is 1. The smallest absolute Gasteiger partial charge is 0.187 e. The quantitative estimate of drug-likeness (QED) is 0.772. The summed E-state index contributed by atoms with van der Waals surface area (Å²) < 4.78 is 13.5. The van der Waals surface area contributed by atoms with E-state index >= 15 is 0 Å². The number of carbonyl (C=O) groups excluding carboxylic acids is 1. The molecule has 90 valence electrons. The van der Waals surface area contributed by atoms with Gasteiger partial charge in [0.25, 0.3) is 0 Å². The normalized spacial score (nSPS) is 21.6. The van der Waals surface area contributed by atoms with Crippen LogP contribution >= 0.6 is 0 Å². The Bertz CT molecular complexity index is 582. The zero-order valence-corrected chi connectivity index (χ0v) is 9.71. The molecule has 0 spiro atoms. The molecular formula is C15H12FNO. The zero-order chi connectivity index (χ0) is 12.5. The van der Waals surface area contributed by atoms with Gasteiger partial charge in [-0.1, -0.05) is 30.3 Å². The summed E-state index contributed by atoms with van der Waals surface area (Å²) in [4.78, 5) is 16.0. The van der Waals surface area contributed by atoms with Crippen LogP contribution in [0.1, 0.15) is 28.4 Å². The maximum absolute atomic E-state index is 13.5. The fraction of sp³-hybridized carbons (Fsp3) is 0.200. The van der Waals surface area contributed by atoms with E-state index in [1.807, 2.05) is 30.3 Å². The van der Waals surface area contributed by atoms with Crippen molar-refractivity contribution in [2.75, 3.05) is 0 Å². The second-order valence-electron chi connectivity index (χ2n) is 4.56. The van der Waals surface area contributed by atoms with Crippen molar-refractivity contribution >= 4 is 5.78 Å². The zero-order valence-electron chi connectivity index (χ0n) is 9.71. The van der Waals surface area contributed by atoms with Crippen molar-refractivity contribution in [3.8, 4) is 0 Å². The molecule has 0 N–H and O–H groups in total. The molecule has 2 aromatic rings. The van der Waals surface area contributed by atoms with Crippen molar-refractivity contribution in [3.63, 3.8) is 0 Å². The number of Topliss-reactive ketones (excluding diaryl/α,β-unsaturated/α-hetero) is 1. The van der Waals surface area contributed by atoms with Gasteiger partial charge in [0.05, 0.1) is 0 Å². The first-order chi connectivity index (χ1) is 8.77. The number of pyridine rings is 1. The van der Waals surface area contributed by atoms with Crippen LogP contribution in [-0.2, 0) is 0 Å². The van der Waals surface area contributed by atoms with Crippen LogP contribution in [0.5, 0.6) is 0 Å². The van der Waals surface area contributed by atoms with Crippen molar-refractivity contribution in [1.29, 1.82) is 0 Å². The summed E-state index contributed by atoms with van der Waals surface area (Å²) in [6.45, 7) is 0. The lowest BCUT2D eigenvalue weighted by atomic mass is 10.1. The van der Waals surface area contributed by atoms with E-state index in [1.165, 1.54) is 18.3 Å². The molecule has 1 fully saturated rings. The number of halogens is 1. The number of hydrogen-bond acceptors (Lipinski definition) is 2. The number of nitrogens with zero attached hydrogens (tertiary/aromatic N) is 1. The van der Waals surface area contributed by atoms with Gasteiger partial charge in [-0.05, 0) is 30.0 Å². The fourth-order valence-corrected chi connectivity index (χ4v) is 2.30. The highest BCUT2D eigenvalue weighted by Crippen LogP contribution is 2.48. The molecule has 18 heavy (non-hydrogen) atoms. The summed E-state index contributed by atoms with van der Waals surface area (Å²) >= 11 is 0. The molecule has 0 aliphatic heterocycles. The molecule has 2 atom stereocenters. The molecule has 0 amide bonds. The van der Waals surface area contributed by atoms with Gasteiger partial charge in [-0.15, -0.1) is 0 Å². The van der Waals surface area contributed by atoms with E-state index in [-0.39, 0.29) is 23.3 Å². The van der Waals surface area contributed by atoms with E-state index in [0.717, 1.165) is 12.0 Å². The minimum absolute atomic E-state index is 0.0269. The Hall–Kier alpha value is -2.03. The molecule has 3 rings (SSSR count). The first-order valence-electron chi connectivity index (χ1n) is 5.97. The van der Waals surface area contributed by atoms with E-state index in [4.69, 9.17) is 0 Å². The standard InChI is InChI=1S/C15H12FNO/c16-13-7-4-8-17-14(13)15(18)12-9-11(12)10-5-2-1-3-6-10/h1-8,11-12H,9H2. The minimum Gasteiger partial charge on any atom is -0.292 e. The van der Waals surface area contributed by atoms with Crippen LogP contribution in [-0.4, -0.2) is 10.8 Å². The number of ketones is 1. The van der Waals surface area contributed by atoms with Crippen LogP contribution in [0.2, 0.25) is 0 Å². The maximum Gasteiger partial charge on any atom is 0.187 e. The summed E-state index contributed by atoms with van der Waals surface area (Å²) in [6, 6.07) is 12.6. The average molecular weight is 241 g/mol. The van der Waals surface area contributed by atoms with Gasteiger partial charge in [-0.25, -0.2) is 4.39 Å². The van der Waals surface area contributed by atoms with Crippen molar-refractivity contribution < 1.29 is 9.18 Å². The third-order valence-electron chi connectivity index (χ3n) is 3.35. The van der Waals surface area contributed by atoms with E-state index in [9.17, 15) is 9.18 Å². The molecule has 2 unspecified atom stereocenters. The van der Waals surface area contributed by atoms with Crippen molar-refractivity contribution in [3.05, 3.63) is 65.7 Å². The Morgan fingerprint density at radius 2 is 1.94 bits per heavy atom. The maximum atomic E-state index is 13.5. The molecule has 1 aromatic heterocycles. The molecule has 2 nitrogen and oxygen atoms in total. The third kappa shape index (κ3) is 1.92. The van der Waals surface area contributed by atoms with Gasteiger partial charge in [-0.2, -0.15) is 0 Å². The van der Waals surface area contributed by atoms with Gasteiger partial charge in [-0.3, -0.25) is 9.78 Å². The highest BCUT2D eigenvalue weighted by molar-refractivity contribution is 5.98. The van der Waals surface area contributed by atoms with Crippen molar-refractivity contribution in [2.45, 2.75) is 12.3 Å². The lowest BCUT2D eigenvalue weighted by Gasteiger charge is -2.01. The lowest BCUT2D eigenvalue weighted by Crippen LogP contribution is -2.08. The van der Waals surface area contributed by atoms with Gasteiger partial charge < -0.3 is 0 Å². The predicted molar refractivity (Wildman–Crippen MR) is 65.8 cm³/mol. The topological polar surface area (TPSA) is 30.0 Å². The van der Waals surface area contributed by atoms with Gasteiger partial charge in [0, 0.05) is 12.1 Å². The van der Waals surface area contributed by atoms with Crippen LogP contribution < -0.4 is 0 Å². The molecule has 0 saturated heterocycles. The van der Waals surface area contributed by atoms with Gasteiger partial charge in [0.2, 0.25) is 0 Å². The lowest BCUT2D eigenvalue weighted by molar-refractivity contribution is 0.0956. The van der Waals surface area contributed by atoms with E-state index in [2.05, 4.69) is 4.98 Å². The molecule has 3 heteroatoms. The largest absolute Gasteiger partial charge is 0.292 e. The SMILES string of the molecule is O=C(c1ncccc1F)C1CC1c1ccccc1. The molecule has 0 radical (unpaired) electrons. The predicted octanol–water partition coefficient (Wildman–Crippen LogP) is 3.21. The Labute approximate surface area is 104 Å². The van der Waals surface area contributed by atoms with Gasteiger partial charge in [0.15, 0.2) is 11.6 Å². The Kier molecular flexibility index (Phi) is 2.67. The monoisotopic (exact) mass is 241 g/mol. The Balaban J connectivity index is 1.80. The fourth-order valence-electron chi connectivity index (χ4n) is 2.30. The average Bonchev–Trinajstić information content (AvgIpc) is 3.20. The van der Waals surface area contributed by atoms with E-state index < -0.39 is 5.82 Å². The summed E-state index contributed by atoms with van der Waals surface area (Å²) in [7, 11) is 0. The van der Waals surface area contributed by atoms with Gasteiger partial charge >= 0.3 is 0 Å². The molecule has 1 heterocycles. The van der Waals surface area contributed by atoms with E-state index in [0.29, 0.717) is 0 Å².